The molecule has 0 saturated carbocycles. The van der Waals surface area contributed by atoms with E-state index in [0.717, 1.165) is 12.1 Å². The molecule has 11 N–H and O–H groups in total. The standard InChI is InChI=1S/C52H37N11O14S4/c53-38-17-21-42(60-58-40-5-1-3-27-7-14-32(24-35(27)40)78(66,67)68)34-16-20-45(51(64)48(34)38)62-56-30-11-9-29(10-12-30)55-44-19-13-31(23-46(44)80(72,73)74)57-63-50-47(81(75,76)77)26-37-43(22-18-39(54)49(37)52(50)65)61-59-41-6-2-4-28-8-15-33(25-36(28)41)79(69,70)71/h1-26,55,64-65H,53-54H2,(H,66,67,68)(H,69,70,71)(H,72,73,74)(H,75,76,77). The fourth-order valence-electron chi connectivity index (χ4n) is 8.50. The van der Waals surface area contributed by atoms with Crippen LogP contribution >= 0.6 is 0 Å². The lowest BCUT2D eigenvalue weighted by molar-refractivity contribution is 0.472. The summed E-state index contributed by atoms with van der Waals surface area (Å²) in [6.07, 6.45) is 0. The van der Waals surface area contributed by atoms with Crippen molar-refractivity contribution in [3.8, 4) is 11.5 Å². The largest absolute Gasteiger partial charge is 0.505 e. The summed E-state index contributed by atoms with van der Waals surface area (Å²) in [6.45, 7) is 0. The average Bonchev–Trinajstić information content (AvgIpc) is 3.52. The van der Waals surface area contributed by atoms with Crippen LogP contribution < -0.4 is 16.8 Å². The Morgan fingerprint density at radius 1 is 0.370 bits per heavy atom. The van der Waals surface area contributed by atoms with E-state index < -0.39 is 66.6 Å². The van der Waals surface area contributed by atoms with Crippen molar-refractivity contribution in [2.24, 2.45) is 40.9 Å². The van der Waals surface area contributed by atoms with Crippen LogP contribution in [-0.2, 0) is 40.5 Å². The second-order valence-corrected chi connectivity index (χ2v) is 23.2. The fourth-order valence-corrected chi connectivity index (χ4v) is 10.8. The molecule has 408 valence electrons. The number of nitrogens with one attached hydrogen (secondary N) is 1. The molecule has 10 rings (SSSR count). The highest BCUT2D eigenvalue weighted by molar-refractivity contribution is 7.86. The van der Waals surface area contributed by atoms with Crippen LogP contribution in [0, 0.1) is 0 Å². The second-order valence-electron chi connectivity index (χ2n) is 17.6. The molecule has 10 aromatic carbocycles. The lowest BCUT2D eigenvalue weighted by atomic mass is 10.0. The number of phenols is 2. The summed E-state index contributed by atoms with van der Waals surface area (Å²) in [6, 6.07) is 36.7. The van der Waals surface area contributed by atoms with E-state index in [0.29, 0.717) is 32.9 Å². The van der Waals surface area contributed by atoms with Crippen LogP contribution in [0.2, 0.25) is 0 Å². The van der Waals surface area contributed by atoms with Crippen molar-refractivity contribution >= 4 is 152 Å². The Hall–Kier alpha value is -9.72. The molecule has 0 saturated heterocycles. The second kappa shape index (κ2) is 20.8. The molecule has 0 radical (unpaired) electrons. The van der Waals surface area contributed by atoms with Crippen LogP contribution in [0.15, 0.2) is 218 Å². The van der Waals surface area contributed by atoms with Crippen LogP contribution in [0.3, 0.4) is 0 Å². The van der Waals surface area contributed by atoms with Gasteiger partial charge in [-0.1, -0.05) is 36.4 Å². The zero-order chi connectivity index (χ0) is 57.8. The van der Waals surface area contributed by atoms with Gasteiger partial charge in [0.05, 0.1) is 60.4 Å². The van der Waals surface area contributed by atoms with E-state index in [1.54, 1.807) is 42.5 Å². The third-order valence-corrected chi connectivity index (χ3v) is 15.8. The van der Waals surface area contributed by atoms with Crippen molar-refractivity contribution < 1.29 is 62.1 Å². The summed E-state index contributed by atoms with van der Waals surface area (Å²) in [5.41, 5.74) is 12.5. The quantitative estimate of drug-likeness (QED) is 0.0277. The van der Waals surface area contributed by atoms with E-state index in [4.69, 9.17) is 11.5 Å². The first kappa shape index (κ1) is 54.6. The van der Waals surface area contributed by atoms with Crippen LogP contribution in [0.4, 0.5) is 68.2 Å². The van der Waals surface area contributed by atoms with Crippen molar-refractivity contribution in [1.29, 1.82) is 0 Å². The van der Waals surface area contributed by atoms with Gasteiger partial charge in [0, 0.05) is 38.6 Å². The van der Waals surface area contributed by atoms with Gasteiger partial charge in [0.25, 0.3) is 40.5 Å². The molecule has 0 spiro atoms. The number of anilines is 4. The summed E-state index contributed by atoms with van der Waals surface area (Å²) >= 11 is 0. The smallest absolute Gasteiger partial charge is 0.296 e. The van der Waals surface area contributed by atoms with Gasteiger partial charge in [-0.25, -0.2) is 0 Å². The summed E-state index contributed by atoms with van der Waals surface area (Å²) < 4.78 is 138. The molecular weight excluding hydrogens is 1130 g/mol. The molecule has 0 heterocycles. The molecule has 0 aliphatic carbocycles. The molecule has 10 aromatic rings. The molecule has 0 atom stereocenters. The van der Waals surface area contributed by atoms with Gasteiger partial charge in [-0.05, 0) is 132 Å². The van der Waals surface area contributed by atoms with Crippen molar-refractivity contribution in [1.82, 2.24) is 0 Å². The van der Waals surface area contributed by atoms with Crippen LogP contribution in [0.5, 0.6) is 11.5 Å². The molecule has 29 heteroatoms. The number of nitrogens with zero attached hydrogens (tertiary/aromatic N) is 8. The van der Waals surface area contributed by atoms with Crippen LogP contribution in [0.25, 0.3) is 43.1 Å². The Balaban J connectivity index is 0.890. The average molecular weight is 1170 g/mol. The first-order valence-electron chi connectivity index (χ1n) is 23.1. The van der Waals surface area contributed by atoms with Gasteiger partial charge in [-0.15, -0.1) is 30.7 Å². The Morgan fingerprint density at radius 2 is 0.840 bits per heavy atom. The molecule has 25 nitrogen and oxygen atoms in total. The minimum Gasteiger partial charge on any atom is -0.505 e. The number of fused-ring (bicyclic) bond motifs is 4. The fraction of sp³-hybridized carbons (Fsp3) is 0. The number of aromatic hydroxyl groups is 2. The molecule has 0 fully saturated rings. The number of nitrogens with two attached hydrogens (primary N) is 2. The van der Waals surface area contributed by atoms with Gasteiger partial charge in [0.1, 0.15) is 21.2 Å². The van der Waals surface area contributed by atoms with Crippen molar-refractivity contribution in [2.75, 3.05) is 16.8 Å². The highest BCUT2D eigenvalue weighted by Crippen LogP contribution is 2.48. The monoisotopic (exact) mass is 1170 g/mol. The molecule has 0 bridgehead atoms. The van der Waals surface area contributed by atoms with Gasteiger partial charge < -0.3 is 27.0 Å². The summed E-state index contributed by atoms with van der Waals surface area (Å²) in [5.74, 6) is -1.23. The predicted octanol–water partition coefficient (Wildman–Crippen LogP) is 13.3. The van der Waals surface area contributed by atoms with Gasteiger partial charge in [0.15, 0.2) is 11.5 Å². The molecule has 0 aliphatic rings. The maximum atomic E-state index is 12.8. The van der Waals surface area contributed by atoms with Gasteiger partial charge >= 0.3 is 0 Å². The third kappa shape index (κ3) is 11.3. The van der Waals surface area contributed by atoms with Crippen LogP contribution in [-0.4, -0.2) is 62.1 Å². The molecule has 0 amide bonds. The number of hydrogen-bond donors (Lipinski definition) is 9. The molecule has 0 unspecified atom stereocenters. The Kier molecular flexibility index (Phi) is 14.0. The number of hydrogen-bond acceptors (Lipinski definition) is 21. The van der Waals surface area contributed by atoms with E-state index in [2.05, 4.69) is 46.2 Å². The molecule has 81 heavy (non-hydrogen) atoms. The number of azo groups is 4. The third-order valence-electron chi connectivity index (χ3n) is 12.4. The highest BCUT2D eigenvalue weighted by atomic mass is 32.2. The predicted molar refractivity (Wildman–Crippen MR) is 300 cm³/mol. The van der Waals surface area contributed by atoms with E-state index in [1.807, 2.05) is 0 Å². The normalized spacial score (nSPS) is 12.8. The summed E-state index contributed by atoms with van der Waals surface area (Å²) in [4.78, 5) is -2.42. The lowest BCUT2D eigenvalue weighted by Gasteiger charge is -2.12. The van der Waals surface area contributed by atoms with Gasteiger partial charge in [-0.3, -0.25) is 18.2 Å². The van der Waals surface area contributed by atoms with Gasteiger partial charge in [0.2, 0.25) is 0 Å². The number of phenolic OH excluding ortho intramolecular Hbond substituents is 2. The van der Waals surface area contributed by atoms with Crippen LogP contribution in [0.1, 0.15) is 0 Å². The Morgan fingerprint density at radius 3 is 1.37 bits per heavy atom. The number of nitrogen functional groups attached to an aromatic ring is 2. The van der Waals surface area contributed by atoms with E-state index in [-0.39, 0.29) is 83.4 Å². The minimum absolute atomic E-state index is 0.0241. The maximum Gasteiger partial charge on any atom is 0.296 e. The SMILES string of the molecule is Nc1ccc(N=Nc2cccc3ccc(S(=O)(=O)O)cc23)c2ccc(N=Nc3ccc(Nc4ccc(N=Nc5c(S(=O)(=O)O)cc6c(N=Nc7cccc8ccc(S(=O)(=O)O)cc78)ccc(N)c6c5O)cc4S(=O)(=O)O)cc3)c(O)c12. The zero-order valence-corrected chi connectivity index (χ0v) is 44.1. The van der Waals surface area contributed by atoms with Gasteiger partial charge in [-0.2, -0.15) is 43.9 Å². The Bertz CT molecular complexity index is 4910. The summed E-state index contributed by atoms with van der Waals surface area (Å²) in [7, 11) is -19.3. The van der Waals surface area contributed by atoms with E-state index in [1.165, 1.54) is 103 Å². The Labute approximate surface area is 458 Å². The molecule has 0 aliphatic heterocycles. The summed E-state index contributed by atoms with van der Waals surface area (Å²) in [5, 5.41) is 61.0. The zero-order valence-electron chi connectivity index (χ0n) is 40.8. The molecule has 0 aromatic heterocycles. The number of rotatable bonds is 14. The van der Waals surface area contributed by atoms with Crippen molar-refractivity contribution in [3.63, 3.8) is 0 Å². The molecular formula is C52H37N11O14S4. The van der Waals surface area contributed by atoms with E-state index >= 15 is 0 Å². The van der Waals surface area contributed by atoms with Crippen molar-refractivity contribution in [3.05, 3.63) is 158 Å². The first-order valence-corrected chi connectivity index (χ1v) is 28.8. The number of benzene rings is 10. The topological polar surface area (TPSA) is 421 Å². The first-order chi connectivity index (χ1) is 38.3. The highest BCUT2D eigenvalue weighted by Gasteiger charge is 2.26. The van der Waals surface area contributed by atoms with Crippen molar-refractivity contribution in [2.45, 2.75) is 19.6 Å². The maximum absolute atomic E-state index is 12.8. The lowest BCUT2D eigenvalue weighted by Crippen LogP contribution is -2.03. The minimum atomic E-state index is -5.23. The van der Waals surface area contributed by atoms with E-state index in [9.17, 15) is 62.1 Å².